The number of hydrogen-bond donors (Lipinski definition) is 2. The standard InChI is InChI=1S/C36H38N6O4S/c1-23-8-6-9-24(2)33(23)31-19-32-39-35(38-31)41-47(44,45)29-11-7-10-27(18-29)34(43)42(28(22-46-32)20-36(3,4)5)21-25-12-14-26(15-13-25)30-16-17-37-40-30/h6-19,28H,20-22H2,1-5H3,(H,37,40)(H,38,39,41)/t28-/m1/s1. The van der Waals surface area contributed by atoms with E-state index >= 15 is 0 Å². The Labute approximate surface area is 275 Å². The number of benzene rings is 3. The van der Waals surface area contributed by atoms with Gasteiger partial charge in [-0.2, -0.15) is 10.1 Å². The fraction of sp³-hybridized carbons (Fsp3) is 0.278. The SMILES string of the molecule is Cc1cccc(C)c1-c1cc2nc(n1)NS(=O)(=O)c1cccc(c1)C(=O)N(Cc1ccc(-c3ccn[nH]3)cc1)[C@H](CC(C)(C)C)CO2. The van der Waals surface area contributed by atoms with Gasteiger partial charge in [0.05, 0.1) is 22.3 Å². The number of aryl methyl sites for hydroxylation is 2. The minimum atomic E-state index is -4.16. The number of anilines is 1. The second-order valence-corrected chi connectivity index (χ2v) is 14.8. The van der Waals surface area contributed by atoms with Crippen molar-refractivity contribution in [2.45, 2.75) is 58.5 Å². The van der Waals surface area contributed by atoms with Crippen LogP contribution in [0.3, 0.4) is 0 Å². The Morgan fingerprint density at radius 2 is 1.64 bits per heavy atom. The van der Waals surface area contributed by atoms with Crippen LogP contribution in [0, 0.1) is 19.3 Å². The van der Waals surface area contributed by atoms with E-state index in [4.69, 9.17) is 4.74 Å². The molecule has 0 unspecified atom stereocenters. The van der Waals surface area contributed by atoms with E-state index in [0.717, 1.165) is 33.5 Å². The highest BCUT2D eigenvalue weighted by Crippen LogP contribution is 2.32. The molecule has 0 aliphatic carbocycles. The zero-order chi connectivity index (χ0) is 33.3. The maximum Gasteiger partial charge on any atom is 0.264 e. The Hall–Kier alpha value is -5.03. The van der Waals surface area contributed by atoms with Gasteiger partial charge in [0.25, 0.3) is 15.9 Å². The molecular weight excluding hydrogens is 613 g/mol. The first-order valence-corrected chi connectivity index (χ1v) is 17.0. The van der Waals surface area contributed by atoms with Crippen molar-refractivity contribution in [3.05, 3.63) is 107 Å². The lowest BCUT2D eigenvalue weighted by Gasteiger charge is -2.36. The summed E-state index contributed by atoms with van der Waals surface area (Å²) in [4.78, 5) is 25.2. The molecule has 3 heterocycles. The van der Waals surface area contributed by atoms with E-state index in [9.17, 15) is 13.2 Å². The van der Waals surface area contributed by atoms with E-state index < -0.39 is 10.0 Å². The number of H-pyrrole nitrogens is 1. The first kappa shape index (κ1) is 31.9. The molecule has 4 bridgehead atoms. The molecule has 1 atom stereocenters. The highest BCUT2D eigenvalue weighted by molar-refractivity contribution is 7.92. The fourth-order valence-corrected chi connectivity index (χ4v) is 6.94. The Balaban J connectivity index is 1.46. The monoisotopic (exact) mass is 650 g/mol. The van der Waals surface area contributed by atoms with Gasteiger partial charge in [0, 0.05) is 29.9 Å². The molecule has 1 aliphatic rings. The van der Waals surface area contributed by atoms with Crippen LogP contribution in [0.4, 0.5) is 5.95 Å². The van der Waals surface area contributed by atoms with Gasteiger partial charge in [0.1, 0.15) is 6.61 Å². The van der Waals surface area contributed by atoms with Crippen LogP contribution in [0.25, 0.3) is 22.5 Å². The van der Waals surface area contributed by atoms with Crippen LogP contribution in [-0.2, 0) is 16.6 Å². The molecule has 11 heteroatoms. The number of hydrogen-bond acceptors (Lipinski definition) is 7. The molecule has 47 heavy (non-hydrogen) atoms. The van der Waals surface area contributed by atoms with Gasteiger partial charge in [0.15, 0.2) is 0 Å². The van der Waals surface area contributed by atoms with Gasteiger partial charge in [-0.05, 0) is 72.2 Å². The van der Waals surface area contributed by atoms with Crippen LogP contribution in [0.5, 0.6) is 5.88 Å². The van der Waals surface area contributed by atoms with E-state index in [1.54, 1.807) is 29.3 Å². The average Bonchev–Trinajstić information content (AvgIpc) is 3.56. The van der Waals surface area contributed by atoms with Crippen molar-refractivity contribution in [3.63, 3.8) is 0 Å². The Kier molecular flexibility index (Phi) is 8.59. The van der Waals surface area contributed by atoms with Crippen LogP contribution in [0.15, 0.2) is 90.0 Å². The third kappa shape index (κ3) is 7.20. The van der Waals surface area contributed by atoms with Crippen LogP contribution < -0.4 is 9.46 Å². The van der Waals surface area contributed by atoms with Crippen LogP contribution in [0.2, 0.25) is 0 Å². The summed E-state index contributed by atoms with van der Waals surface area (Å²) in [6, 6.07) is 23.2. The van der Waals surface area contributed by atoms with E-state index in [0.29, 0.717) is 12.1 Å². The third-order valence-corrected chi connectivity index (χ3v) is 9.47. The number of aromatic amines is 1. The van der Waals surface area contributed by atoms with Gasteiger partial charge in [-0.3, -0.25) is 9.89 Å². The smallest absolute Gasteiger partial charge is 0.264 e. The zero-order valence-corrected chi connectivity index (χ0v) is 27.9. The fourth-order valence-electron chi connectivity index (χ4n) is 5.95. The summed E-state index contributed by atoms with van der Waals surface area (Å²) < 4.78 is 36.2. The summed E-state index contributed by atoms with van der Waals surface area (Å²) in [6.07, 6.45) is 2.32. The number of carbonyl (C=O) groups is 1. The quantitative estimate of drug-likeness (QED) is 0.214. The van der Waals surface area contributed by atoms with Crippen molar-refractivity contribution in [2.75, 3.05) is 11.3 Å². The topological polar surface area (TPSA) is 130 Å². The first-order chi connectivity index (χ1) is 22.4. The van der Waals surface area contributed by atoms with Crippen LogP contribution in [0.1, 0.15) is 54.2 Å². The summed E-state index contributed by atoms with van der Waals surface area (Å²) in [7, 11) is -4.16. The number of carbonyl (C=O) groups excluding carboxylic acids is 1. The second-order valence-electron chi connectivity index (χ2n) is 13.1. The molecule has 0 saturated carbocycles. The maximum absolute atomic E-state index is 14.4. The molecule has 1 amide bonds. The van der Waals surface area contributed by atoms with Gasteiger partial charge in [-0.15, -0.1) is 0 Å². The summed E-state index contributed by atoms with van der Waals surface area (Å²) in [6.45, 7) is 10.7. The predicted molar refractivity (Wildman–Crippen MR) is 181 cm³/mol. The Bertz CT molecular complexity index is 2000. The zero-order valence-electron chi connectivity index (χ0n) is 27.1. The molecule has 10 nitrogen and oxygen atoms in total. The summed E-state index contributed by atoms with van der Waals surface area (Å²) >= 11 is 0. The number of ether oxygens (including phenoxy) is 1. The molecule has 3 aromatic carbocycles. The summed E-state index contributed by atoms with van der Waals surface area (Å²) in [5, 5.41) is 7.02. The van der Waals surface area contributed by atoms with Gasteiger partial charge in [-0.1, -0.05) is 69.3 Å². The molecule has 6 rings (SSSR count). The van der Waals surface area contributed by atoms with Gasteiger partial charge < -0.3 is 9.64 Å². The van der Waals surface area contributed by atoms with Gasteiger partial charge >= 0.3 is 0 Å². The Morgan fingerprint density at radius 1 is 0.915 bits per heavy atom. The minimum Gasteiger partial charge on any atom is -0.475 e. The van der Waals surface area contributed by atoms with Gasteiger partial charge in [0.2, 0.25) is 11.8 Å². The van der Waals surface area contributed by atoms with Crippen molar-refractivity contribution < 1.29 is 17.9 Å². The normalized spacial score (nSPS) is 16.3. The summed E-state index contributed by atoms with van der Waals surface area (Å²) in [5.41, 5.74) is 6.23. The number of sulfonamides is 1. The number of aromatic nitrogens is 4. The van der Waals surface area contributed by atoms with Crippen molar-refractivity contribution in [2.24, 2.45) is 5.41 Å². The Morgan fingerprint density at radius 3 is 2.32 bits per heavy atom. The first-order valence-electron chi connectivity index (χ1n) is 15.5. The molecule has 2 aromatic heterocycles. The molecule has 0 saturated heterocycles. The molecule has 2 N–H and O–H groups in total. The number of rotatable bonds is 5. The largest absolute Gasteiger partial charge is 0.475 e. The van der Waals surface area contributed by atoms with Crippen LogP contribution >= 0.6 is 0 Å². The predicted octanol–water partition coefficient (Wildman–Crippen LogP) is 6.79. The highest BCUT2D eigenvalue weighted by atomic mass is 32.2. The van der Waals surface area contributed by atoms with E-state index in [-0.39, 0.29) is 52.8 Å². The number of amides is 1. The van der Waals surface area contributed by atoms with Crippen molar-refractivity contribution >= 4 is 21.9 Å². The lowest BCUT2D eigenvalue weighted by molar-refractivity contribution is 0.0513. The number of nitrogens with one attached hydrogen (secondary N) is 2. The number of nitrogens with zero attached hydrogens (tertiary/aromatic N) is 4. The lowest BCUT2D eigenvalue weighted by Crippen LogP contribution is -2.45. The molecule has 1 aliphatic heterocycles. The van der Waals surface area contributed by atoms with E-state index in [2.05, 4.69) is 45.7 Å². The van der Waals surface area contributed by atoms with Gasteiger partial charge in [-0.25, -0.2) is 18.1 Å². The molecule has 0 spiro atoms. The van der Waals surface area contributed by atoms with E-state index in [1.807, 2.05) is 62.4 Å². The molecule has 0 fully saturated rings. The van der Waals surface area contributed by atoms with Crippen LogP contribution in [-0.4, -0.2) is 52.0 Å². The van der Waals surface area contributed by atoms with Crippen molar-refractivity contribution in [1.82, 2.24) is 25.1 Å². The molecule has 0 radical (unpaired) electrons. The third-order valence-electron chi connectivity index (χ3n) is 8.15. The average molecular weight is 651 g/mol. The van der Waals surface area contributed by atoms with E-state index in [1.165, 1.54) is 12.1 Å². The minimum absolute atomic E-state index is 0.0672. The molecule has 5 aromatic rings. The summed E-state index contributed by atoms with van der Waals surface area (Å²) in [5.74, 6) is -0.208. The van der Waals surface area contributed by atoms with Crippen molar-refractivity contribution in [3.8, 4) is 28.4 Å². The maximum atomic E-state index is 14.4. The van der Waals surface area contributed by atoms with Crippen molar-refractivity contribution in [1.29, 1.82) is 0 Å². The molecule has 242 valence electrons. The number of fused-ring (bicyclic) bond motifs is 4. The lowest BCUT2D eigenvalue weighted by atomic mass is 9.87. The molecular formula is C36H38N6O4S. The second kappa shape index (κ2) is 12.6. The highest BCUT2D eigenvalue weighted by Gasteiger charge is 2.31.